The highest BCUT2D eigenvalue weighted by Crippen LogP contribution is 2.36. The number of hydrogen-bond donors (Lipinski definition) is 1. The Kier molecular flexibility index (Phi) is 2.62. The average Bonchev–Trinajstić information content (AvgIpc) is 2.59. The van der Waals surface area contributed by atoms with Crippen LogP contribution in [0.25, 0.3) is 0 Å². The Balaban J connectivity index is 2.30. The van der Waals surface area contributed by atoms with E-state index >= 15 is 0 Å². The monoisotopic (exact) mass is 215 g/mol. The van der Waals surface area contributed by atoms with Crippen LogP contribution in [0.5, 0.6) is 0 Å². The summed E-state index contributed by atoms with van der Waals surface area (Å²) in [6, 6.07) is 3.79. The highest BCUT2D eigenvalue weighted by Gasteiger charge is 2.38. The van der Waals surface area contributed by atoms with Crippen LogP contribution in [0, 0.1) is 28.6 Å². The standard InChI is InChI=1S/C11H13N5/c12-6-8(7-13)9-10(14)16-11(15-9)4-2-1-3-5-11/h8H,1-5H2,(H2,14,16). The average molecular weight is 215 g/mol. The number of hydrogen-bond acceptors (Lipinski definition) is 5. The van der Waals surface area contributed by atoms with Crippen molar-refractivity contribution in [2.45, 2.75) is 37.8 Å². The van der Waals surface area contributed by atoms with E-state index in [1.54, 1.807) is 0 Å². The molecule has 1 fully saturated rings. The second-order valence-corrected chi connectivity index (χ2v) is 4.23. The maximum Gasteiger partial charge on any atom is 0.178 e. The molecule has 0 saturated heterocycles. The van der Waals surface area contributed by atoms with E-state index in [1.807, 2.05) is 12.1 Å². The van der Waals surface area contributed by atoms with Gasteiger partial charge in [0, 0.05) is 0 Å². The first-order valence-corrected chi connectivity index (χ1v) is 5.45. The summed E-state index contributed by atoms with van der Waals surface area (Å²) in [5.41, 5.74) is 5.67. The molecule has 5 nitrogen and oxygen atoms in total. The van der Waals surface area contributed by atoms with Crippen molar-refractivity contribution in [2.75, 3.05) is 0 Å². The summed E-state index contributed by atoms with van der Waals surface area (Å²) in [6.07, 6.45) is 5.11. The molecule has 5 heteroatoms. The van der Waals surface area contributed by atoms with Crippen LogP contribution in [-0.2, 0) is 0 Å². The molecule has 2 aliphatic rings. The zero-order valence-electron chi connectivity index (χ0n) is 8.98. The third kappa shape index (κ3) is 1.65. The molecule has 0 atom stereocenters. The summed E-state index contributed by atoms with van der Waals surface area (Å²) < 4.78 is 0. The molecular weight excluding hydrogens is 202 g/mol. The van der Waals surface area contributed by atoms with Gasteiger partial charge in [0.05, 0.1) is 12.1 Å². The molecule has 0 aromatic rings. The molecule has 2 N–H and O–H groups in total. The van der Waals surface area contributed by atoms with Crippen molar-refractivity contribution < 1.29 is 0 Å². The molecular formula is C11H13N5. The van der Waals surface area contributed by atoms with Crippen LogP contribution >= 0.6 is 0 Å². The predicted octanol–water partition coefficient (Wildman–Crippen LogP) is 1.12. The van der Waals surface area contributed by atoms with Gasteiger partial charge in [-0.3, -0.25) is 4.99 Å². The van der Waals surface area contributed by atoms with Crippen molar-refractivity contribution in [1.29, 1.82) is 10.5 Å². The Morgan fingerprint density at radius 1 is 1.12 bits per heavy atom. The van der Waals surface area contributed by atoms with Crippen LogP contribution in [0.1, 0.15) is 32.1 Å². The van der Waals surface area contributed by atoms with E-state index in [9.17, 15) is 0 Å². The van der Waals surface area contributed by atoms with Gasteiger partial charge in [-0.25, -0.2) is 4.99 Å². The highest BCUT2D eigenvalue weighted by atomic mass is 15.2. The Hall–Kier alpha value is -1.88. The number of nitriles is 2. The molecule has 2 rings (SSSR count). The fraction of sp³-hybridized carbons (Fsp3) is 0.636. The third-order valence-electron chi connectivity index (χ3n) is 3.11. The largest absolute Gasteiger partial charge is 0.382 e. The first-order valence-electron chi connectivity index (χ1n) is 5.45. The maximum atomic E-state index is 8.83. The van der Waals surface area contributed by atoms with Gasteiger partial charge in [-0.2, -0.15) is 10.5 Å². The van der Waals surface area contributed by atoms with E-state index < -0.39 is 11.6 Å². The van der Waals surface area contributed by atoms with Crippen molar-refractivity contribution in [1.82, 2.24) is 0 Å². The van der Waals surface area contributed by atoms with Gasteiger partial charge < -0.3 is 5.73 Å². The molecule has 16 heavy (non-hydrogen) atoms. The van der Waals surface area contributed by atoms with Gasteiger partial charge in [0.15, 0.2) is 11.6 Å². The Morgan fingerprint density at radius 3 is 2.31 bits per heavy atom. The van der Waals surface area contributed by atoms with Crippen LogP contribution in [0.2, 0.25) is 0 Å². The Labute approximate surface area is 94.3 Å². The zero-order valence-corrected chi connectivity index (χ0v) is 8.98. The third-order valence-corrected chi connectivity index (χ3v) is 3.11. The molecule has 1 saturated carbocycles. The lowest BCUT2D eigenvalue weighted by Gasteiger charge is -2.27. The summed E-state index contributed by atoms with van der Waals surface area (Å²) in [5, 5.41) is 17.7. The quantitative estimate of drug-likeness (QED) is 0.709. The van der Waals surface area contributed by atoms with Gasteiger partial charge in [0.2, 0.25) is 0 Å². The topological polar surface area (TPSA) is 98.3 Å². The van der Waals surface area contributed by atoms with Gasteiger partial charge in [-0.15, -0.1) is 0 Å². The number of rotatable bonds is 1. The van der Waals surface area contributed by atoms with Crippen molar-refractivity contribution >= 4 is 11.5 Å². The van der Waals surface area contributed by atoms with Crippen LogP contribution in [0.4, 0.5) is 0 Å². The predicted molar refractivity (Wildman–Crippen MR) is 59.6 cm³/mol. The van der Waals surface area contributed by atoms with Gasteiger partial charge in [-0.1, -0.05) is 6.42 Å². The highest BCUT2D eigenvalue weighted by molar-refractivity contribution is 6.44. The fourth-order valence-corrected chi connectivity index (χ4v) is 2.29. The summed E-state index contributed by atoms with van der Waals surface area (Å²) in [5.74, 6) is -0.611. The lowest BCUT2D eigenvalue weighted by atomic mass is 9.90. The summed E-state index contributed by atoms with van der Waals surface area (Å²) in [6.45, 7) is 0. The number of nitrogens with two attached hydrogens (primary N) is 1. The minimum Gasteiger partial charge on any atom is -0.382 e. The molecule has 1 heterocycles. The molecule has 0 amide bonds. The lowest BCUT2D eigenvalue weighted by Crippen LogP contribution is -2.26. The molecule has 0 unspecified atom stereocenters. The van der Waals surface area contributed by atoms with Crippen LogP contribution < -0.4 is 5.73 Å². The first kappa shape index (κ1) is 10.6. The number of aliphatic imine (C=N–C) groups is 2. The SMILES string of the molecule is N#CC(C#N)C1=NC2(CCCCC2)N=C1N. The lowest BCUT2D eigenvalue weighted by molar-refractivity contribution is 0.316. The van der Waals surface area contributed by atoms with E-state index in [1.165, 1.54) is 6.42 Å². The van der Waals surface area contributed by atoms with E-state index in [0.717, 1.165) is 25.7 Å². The molecule has 0 bridgehead atoms. The van der Waals surface area contributed by atoms with Crippen LogP contribution in [0.3, 0.4) is 0 Å². The van der Waals surface area contributed by atoms with Crippen LogP contribution in [-0.4, -0.2) is 17.2 Å². The van der Waals surface area contributed by atoms with Gasteiger partial charge in [-0.05, 0) is 25.7 Å². The normalized spacial score (nSPS) is 22.4. The fourth-order valence-electron chi connectivity index (χ4n) is 2.29. The molecule has 82 valence electrons. The molecule has 0 radical (unpaired) electrons. The first-order chi connectivity index (χ1) is 7.71. The van der Waals surface area contributed by atoms with Crippen LogP contribution in [0.15, 0.2) is 9.98 Å². The Bertz CT molecular complexity index is 414. The molecule has 1 aliphatic heterocycles. The van der Waals surface area contributed by atoms with Gasteiger partial charge in [0.1, 0.15) is 11.5 Å². The van der Waals surface area contributed by atoms with E-state index in [2.05, 4.69) is 9.98 Å². The summed E-state index contributed by atoms with van der Waals surface area (Å²) in [7, 11) is 0. The van der Waals surface area contributed by atoms with Crippen molar-refractivity contribution in [2.24, 2.45) is 21.6 Å². The van der Waals surface area contributed by atoms with Crippen molar-refractivity contribution in [3.05, 3.63) is 0 Å². The zero-order chi connectivity index (χ0) is 11.6. The van der Waals surface area contributed by atoms with Crippen molar-refractivity contribution in [3.8, 4) is 12.1 Å². The summed E-state index contributed by atoms with van der Waals surface area (Å²) in [4.78, 5) is 8.81. The smallest absolute Gasteiger partial charge is 0.178 e. The van der Waals surface area contributed by atoms with Crippen molar-refractivity contribution in [3.63, 3.8) is 0 Å². The second-order valence-electron chi connectivity index (χ2n) is 4.23. The number of amidine groups is 1. The van der Waals surface area contributed by atoms with Gasteiger partial charge >= 0.3 is 0 Å². The molecule has 1 spiro atoms. The maximum absolute atomic E-state index is 8.83. The minimum absolute atomic E-state index is 0.273. The molecule has 0 aromatic carbocycles. The van der Waals surface area contributed by atoms with E-state index in [-0.39, 0.29) is 5.84 Å². The molecule has 0 aromatic heterocycles. The molecule has 1 aliphatic carbocycles. The van der Waals surface area contributed by atoms with E-state index in [0.29, 0.717) is 5.71 Å². The summed E-state index contributed by atoms with van der Waals surface area (Å²) >= 11 is 0. The number of nitrogens with zero attached hydrogens (tertiary/aromatic N) is 4. The van der Waals surface area contributed by atoms with E-state index in [4.69, 9.17) is 16.3 Å². The van der Waals surface area contributed by atoms with Gasteiger partial charge in [0.25, 0.3) is 0 Å². The second kappa shape index (κ2) is 3.94. The Morgan fingerprint density at radius 2 is 1.75 bits per heavy atom. The minimum atomic E-state index is -0.884.